The summed E-state index contributed by atoms with van der Waals surface area (Å²) >= 11 is 0. The van der Waals surface area contributed by atoms with Gasteiger partial charge in [-0.25, -0.2) is 4.39 Å². The van der Waals surface area contributed by atoms with E-state index in [1.54, 1.807) is 0 Å². The molecule has 0 aromatic carbocycles. The molecule has 1 fully saturated rings. The van der Waals surface area contributed by atoms with Crippen molar-refractivity contribution >= 4 is 5.78 Å². The number of ketones is 1. The molecule has 1 aromatic heterocycles. The highest BCUT2D eigenvalue weighted by Crippen LogP contribution is 2.27. The number of nitrogens with zero attached hydrogens (tertiary/aromatic N) is 2. The van der Waals surface area contributed by atoms with Gasteiger partial charge in [-0.05, 0) is 37.9 Å². The van der Waals surface area contributed by atoms with E-state index >= 15 is 0 Å². The van der Waals surface area contributed by atoms with Gasteiger partial charge >= 0.3 is 0 Å². The van der Waals surface area contributed by atoms with Gasteiger partial charge in [0.2, 0.25) is 0 Å². The van der Waals surface area contributed by atoms with Crippen molar-refractivity contribution in [2.45, 2.75) is 38.6 Å². The number of carbonyl (C=O) groups is 1. The summed E-state index contributed by atoms with van der Waals surface area (Å²) in [5.74, 6) is -0.408. The Morgan fingerprint density at radius 2 is 2.22 bits per heavy atom. The first kappa shape index (κ1) is 13.1. The summed E-state index contributed by atoms with van der Waals surface area (Å²) < 4.78 is 12.7. The first-order chi connectivity index (χ1) is 8.70. The van der Waals surface area contributed by atoms with Crippen LogP contribution in [-0.4, -0.2) is 34.8 Å². The van der Waals surface area contributed by atoms with Crippen LogP contribution in [0.5, 0.6) is 0 Å². The molecule has 4 heteroatoms. The number of hydrogen-bond donors (Lipinski definition) is 0. The average Bonchev–Trinajstić information content (AvgIpc) is 3.19. The zero-order valence-corrected chi connectivity index (χ0v) is 10.7. The standard InChI is InChI=1S/C14H19FN2O/c1-2-8-17(12-4-5-12)9-7-14(18)13-6-3-11(15)10-16-13/h3,6,10,12H,2,4-5,7-9H2,1H3. The maximum absolute atomic E-state index is 12.7. The summed E-state index contributed by atoms with van der Waals surface area (Å²) in [4.78, 5) is 18.1. The van der Waals surface area contributed by atoms with E-state index in [9.17, 15) is 9.18 Å². The molecule has 2 rings (SSSR count). The molecule has 1 saturated carbocycles. The lowest BCUT2D eigenvalue weighted by Gasteiger charge is -2.20. The first-order valence-corrected chi connectivity index (χ1v) is 6.59. The van der Waals surface area contributed by atoms with E-state index in [0.29, 0.717) is 18.2 Å². The molecule has 3 nitrogen and oxygen atoms in total. The summed E-state index contributed by atoms with van der Waals surface area (Å²) in [7, 11) is 0. The highest BCUT2D eigenvalue weighted by atomic mass is 19.1. The van der Waals surface area contributed by atoms with E-state index in [0.717, 1.165) is 25.7 Å². The molecule has 0 aliphatic heterocycles. The first-order valence-electron chi connectivity index (χ1n) is 6.59. The van der Waals surface area contributed by atoms with Crippen molar-refractivity contribution in [1.29, 1.82) is 0 Å². The van der Waals surface area contributed by atoms with Crippen LogP contribution in [0.15, 0.2) is 18.3 Å². The summed E-state index contributed by atoms with van der Waals surface area (Å²) in [5.41, 5.74) is 0.364. The van der Waals surface area contributed by atoms with Gasteiger partial charge in [0.25, 0.3) is 0 Å². The number of carbonyl (C=O) groups excluding carboxylic acids is 1. The van der Waals surface area contributed by atoms with Crippen LogP contribution in [0.25, 0.3) is 0 Å². The SMILES string of the molecule is CCCN(CCC(=O)c1ccc(F)cn1)C1CC1. The van der Waals surface area contributed by atoms with Crippen LogP contribution in [0.4, 0.5) is 4.39 Å². The van der Waals surface area contributed by atoms with E-state index in [2.05, 4.69) is 16.8 Å². The molecule has 0 atom stereocenters. The molecule has 1 heterocycles. The van der Waals surface area contributed by atoms with Crippen LogP contribution in [0.2, 0.25) is 0 Å². The molecule has 18 heavy (non-hydrogen) atoms. The Kier molecular flexibility index (Phi) is 4.42. The number of Topliss-reactive ketones (excluding diaryl/α,β-unsaturated/α-hetero) is 1. The van der Waals surface area contributed by atoms with Crippen LogP contribution in [-0.2, 0) is 0 Å². The molecule has 1 aliphatic rings. The highest BCUT2D eigenvalue weighted by molar-refractivity contribution is 5.94. The number of aromatic nitrogens is 1. The van der Waals surface area contributed by atoms with Gasteiger partial charge in [0.15, 0.2) is 5.78 Å². The van der Waals surface area contributed by atoms with Gasteiger partial charge in [-0.1, -0.05) is 6.92 Å². The summed E-state index contributed by atoms with van der Waals surface area (Å²) in [6.45, 7) is 3.99. The third-order valence-electron chi connectivity index (χ3n) is 3.21. The van der Waals surface area contributed by atoms with E-state index in [-0.39, 0.29) is 5.78 Å². The molecule has 1 aromatic rings. The van der Waals surface area contributed by atoms with Gasteiger partial charge < -0.3 is 0 Å². The number of pyridine rings is 1. The molecule has 0 saturated heterocycles. The fourth-order valence-corrected chi connectivity index (χ4v) is 2.12. The van der Waals surface area contributed by atoms with Gasteiger partial charge in [0.05, 0.1) is 6.20 Å². The third-order valence-corrected chi connectivity index (χ3v) is 3.21. The van der Waals surface area contributed by atoms with Crippen molar-refractivity contribution in [3.8, 4) is 0 Å². The zero-order chi connectivity index (χ0) is 13.0. The predicted octanol–water partition coefficient (Wildman–Crippen LogP) is 2.67. The minimum atomic E-state index is -0.405. The quantitative estimate of drug-likeness (QED) is 0.697. The summed E-state index contributed by atoms with van der Waals surface area (Å²) in [6, 6.07) is 3.42. The Balaban J connectivity index is 1.85. The summed E-state index contributed by atoms with van der Waals surface area (Å²) in [6.07, 6.45) is 5.18. The fraction of sp³-hybridized carbons (Fsp3) is 0.571. The van der Waals surface area contributed by atoms with Crippen molar-refractivity contribution in [3.05, 3.63) is 29.8 Å². The van der Waals surface area contributed by atoms with Gasteiger partial charge in [-0.2, -0.15) is 0 Å². The second kappa shape index (κ2) is 6.05. The van der Waals surface area contributed by atoms with Crippen molar-refractivity contribution < 1.29 is 9.18 Å². The van der Waals surface area contributed by atoms with Gasteiger partial charge in [0, 0.05) is 19.0 Å². The molecule has 0 radical (unpaired) electrons. The average molecular weight is 250 g/mol. The molecule has 0 bridgehead atoms. The largest absolute Gasteiger partial charge is 0.300 e. The second-order valence-electron chi connectivity index (χ2n) is 4.80. The lowest BCUT2D eigenvalue weighted by molar-refractivity contribution is 0.0957. The molecule has 0 unspecified atom stereocenters. The van der Waals surface area contributed by atoms with Crippen LogP contribution >= 0.6 is 0 Å². The van der Waals surface area contributed by atoms with E-state index in [1.807, 2.05) is 0 Å². The van der Waals surface area contributed by atoms with E-state index < -0.39 is 5.82 Å². The zero-order valence-electron chi connectivity index (χ0n) is 10.7. The van der Waals surface area contributed by atoms with Crippen molar-refractivity contribution in [2.75, 3.05) is 13.1 Å². The molecule has 98 valence electrons. The number of halogens is 1. The predicted molar refractivity (Wildman–Crippen MR) is 68.0 cm³/mol. The second-order valence-corrected chi connectivity index (χ2v) is 4.80. The molecule has 0 amide bonds. The fourth-order valence-electron chi connectivity index (χ4n) is 2.12. The maximum atomic E-state index is 12.7. The van der Waals surface area contributed by atoms with E-state index in [1.165, 1.54) is 25.0 Å². The number of hydrogen-bond acceptors (Lipinski definition) is 3. The van der Waals surface area contributed by atoms with Crippen LogP contribution in [0.3, 0.4) is 0 Å². The monoisotopic (exact) mass is 250 g/mol. The van der Waals surface area contributed by atoms with Crippen molar-refractivity contribution in [1.82, 2.24) is 9.88 Å². The summed E-state index contributed by atoms with van der Waals surface area (Å²) in [5, 5.41) is 0. The Bertz CT molecular complexity index is 401. The lowest BCUT2D eigenvalue weighted by Crippen LogP contribution is -2.29. The molecular formula is C14H19FN2O. The highest BCUT2D eigenvalue weighted by Gasteiger charge is 2.28. The normalized spacial score (nSPS) is 15.1. The van der Waals surface area contributed by atoms with Crippen LogP contribution < -0.4 is 0 Å². The van der Waals surface area contributed by atoms with Crippen LogP contribution in [0.1, 0.15) is 43.1 Å². The van der Waals surface area contributed by atoms with Gasteiger partial charge in [-0.15, -0.1) is 0 Å². The molecule has 0 spiro atoms. The van der Waals surface area contributed by atoms with Gasteiger partial charge in [0.1, 0.15) is 11.5 Å². The Hall–Kier alpha value is -1.29. The van der Waals surface area contributed by atoms with Gasteiger partial charge in [-0.3, -0.25) is 14.7 Å². The smallest absolute Gasteiger partial charge is 0.182 e. The number of rotatable bonds is 7. The lowest BCUT2D eigenvalue weighted by atomic mass is 10.2. The Morgan fingerprint density at radius 1 is 1.44 bits per heavy atom. The third kappa shape index (κ3) is 3.60. The van der Waals surface area contributed by atoms with E-state index in [4.69, 9.17) is 0 Å². The molecular weight excluding hydrogens is 231 g/mol. The topological polar surface area (TPSA) is 33.2 Å². The van der Waals surface area contributed by atoms with Crippen molar-refractivity contribution in [2.24, 2.45) is 0 Å². The molecule has 1 aliphatic carbocycles. The Labute approximate surface area is 107 Å². The molecule has 0 N–H and O–H groups in total. The van der Waals surface area contributed by atoms with Crippen molar-refractivity contribution in [3.63, 3.8) is 0 Å². The Morgan fingerprint density at radius 3 is 2.78 bits per heavy atom. The minimum Gasteiger partial charge on any atom is -0.300 e. The maximum Gasteiger partial charge on any atom is 0.182 e. The van der Waals surface area contributed by atoms with Crippen LogP contribution in [0, 0.1) is 5.82 Å². The minimum absolute atomic E-state index is 0.00301.